The quantitative estimate of drug-likeness (QED) is 0.599. The monoisotopic (exact) mass is 465 g/mol. The van der Waals surface area contributed by atoms with Crippen LogP contribution in [0.5, 0.6) is 5.75 Å². The predicted octanol–water partition coefficient (Wildman–Crippen LogP) is 3.02. The van der Waals surface area contributed by atoms with Crippen molar-refractivity contribution >= 4 is 45.1 Å². The molecule has 0 aliphatic carbocycles. The third-order valence-corrected chi connectivity index (χ3v) is 7.25. The fraction of sp³-hybridized carbons (Fsp3) is 0.591. The number of carbonyl (C=O) groups excluding carboxylic acids is 2. The van der Waals surface area contributed by atoms with Crippen molar-refractivity contribution in [2.75, 3.05) is 45.4 Å². The molecule has 1 aromatic carbocycles. The van der Waals surface area contributed by atoms with Gasteiger partial charge in [0.05, 0.1) is 35.4 Å². The predicted molar refractivity (Wildman–Crippen MR) is 126 cm³/mol. The smallest absolute Gasteiger partial charge is 0.258 e. The average Bonchev–Trinajstić information content (AvgIpc) is 3.07. The third kappa shape index (κ3) is 6.33. The Morgan fingerprint density at radius 3 is 2.61 bits per heavy atom. The normalized spacial score (nSPS) is 19.7. The van der Waals surface area contributed by atoms with Gasteiger partial charge in [0, 0.05) is 26.7 Å². The number of fused-ring (bicyclic) bond motifs is 1. The molecule has 0 spiro atoms. The van der Waals surface area contributed by atoms with E-state index in [4.69, 9.17) is 9.47 Å². The maximum atomic E-state index is 12.5. The Bertz CT molecular complexity index is 975. The van der Waals surface area contributed by atoms with Crippen LogP contribution in [0.3, 0.4) is 0 Å². The molecule has 1 saturated heterocycles. The van der Waals surface area contributed by atoms with E-state index in [9.17, 15) is 9.59 Å². The first kappa shape index (κ1) is 23.8. The van der Waals surface area contributed by atoms with Gasteiger partial charge in [-0.15, -0.1) is 11.8 Å². The van der Waals surface area contributed by atoms with Crippen LogP contribution in [-0.2, 0) is 20.9 Å². The highest BCUT2D eigenvalue weighted by molar-refractivity contribution is 8.00. The molecule has 9 heteroatoms. The van der Waals surface area contributed by atoms with Gasteiger partial charge in [-0.05, 0) is 36.5 Å². The first-order valence-corrected chi connectivity index (χ1v) is 12.5. The van der Waals surface area contributed by atoms with Gasteiger partial charge in [0.2, 0.25) is 5.91 Å². The Labute approximate surface area is 191 Å². The summed E-state index contributed by atoms with van der Waals surface area (Å²) in [6.07, 6.45) is 1.17. The molecule has 31 heavy (non-hydrogen) atoms. The van der Waals surface area contributed by atoms with Crippen LogP contribution in [0.25, 0.3) is 10.2 Å². The number of thiazole rings is 1. The molecule has 2 aromatic rings. The summed E-state index contributed by atoms with van der Waals surface area (Å²) in [4.78, 5) is 31.9. The molecular weight excluding hydrogens is 434 g/mol. The van der Waals surface area contributed by atoms with Crippen molar-refractivity contribution in [1.29, 1.82) is 0 Å². The van der Waals surface area contributed by atoms with Gasteiger partial charge in [0.25, 0.3) is 5.91 Å². The molecule has 2 unspecified atom stereocenters. The van der Waals surface area contributed by atoms with E-state index >= 15 is 0 Å². The number of hydrogen-bond donors (Lipinski definition) is 0. The van der Waals surface area contributed by atoms with E-state index in [1.807, 2.05) is 27.7 Å². The summed E-state index contributed by atoms with van der Waals surface area (Å²) in [5.74, 6) is 2.21. The molecule has 0 radical (unpaired) electrons. The highest BCUT2D eigenvalue weighted by atomic mass is 32.2. The molecule has 3 rings (SSSR count). The Morgan fingerprint density at radius 2 is 1.94 bits per heavy atom. The minimum Gasteiger partial charge on any atom is -0.497 e. The molecule has 1 aliphatic rings. The molecule has 0 saturated carbocycles. The molecular formula is C22H31N3O4S2. The van der Waals surface area contributed by atoms with Crippen molar-refractivity contribution in [3.8, 4) is 5.75 Å². The molecule has 2 amide bonds. The fourth-order valence-electron chi connectivity index (χ4n) is 3.99. The summed E-state index contributed by atoms with van der Waals surface area (Å²) >= 11 is 2.79. The number of carbonyl (C=O) groups is 2. The van der Waals surface area contributed by atoms with Gasteiger partial charge in [-0.2, -0.15) is 4.99 Å². The van der Waals surface area contributed by atoms with Crippen LogP contribution >= 0.6 is 23.1 Å². The van der Waals surface area contributed by atoms with E-state index in [1.165, 1.54) is 29.5 Å². The van der Waals surface area contributed by atoms with Gasteiger partial charge in [0.15, 0.2) is 4.80 Å². The van der Waals surface area contributed by atoms with E-state index in [-0.39, 0.29) is 17.6 Å². The number of hydrogen-bond acceptors (Lipinski definition) is 6. The number of benzene rings is 1. The maximum absolute atomic E-state index is 12.5. The average molecular weight is 466 g/mol. The number of nitrogens with zero attached hydrogens (tertiary/aromatic N) is 3. The van der Waals surface area contributed by atoms with Gasteiger partial charge < -0.3 is 18.9 Å². The molecule has 7 nitrogen and oxygen atoms in total. The number of methoxy groups -OCH3 is 2. The minimum absolute atomic E-state index is 0.111. The van der Waals surface area contributed by atoms with Gasteiger partial charge in [-0.3, -0.25) is 9.59 Å². The van der Waals surface area contributed by atoms with E-state index in [2.05, 4.69) is 18.8 Å². The number of likely N-dealkylation sites (tertiary alicyclic amines) is 1. The molecule has 1 aromatic heterocycles. The number of aromatic nitrogens is 1. The Hall–Kier alpha value is -1.84. The number of ether oxygens (including phenoxy) is 2. The summed E-state index contributed by atoms with van der Waals surface area (Å²) < 4.78 is 13.5. The lowest BCUT2D eigenvalue weighted by atomic mass is 9.92. The van der Waals surface area contributed by atoms with Gasteiger partial charge in [-0.25, -0.2) is 0 Å². The summed E-state index contributed by atoms with van der Waals surface area (Å²) in [5.41, 5.74) is 0.991. The highest BCUT2D eigenvalue weighted by Gasteiger charge is 2.25. The third-order valence-electron chi connectivity index (χ3n) is 5.30. The van der Waals surface area contributed by atoms with Crippen molar-refractivity contribution in [2.45, 2.75) is 26.8 Å². The molecule has 2 atom stereocenters. The molecule has 1 fully saturated rings. The van der Waals surface area contributed by atoms with E-state index in [0.717, 1.165) is 29.1 Å². The van der Waals surface area contributed by atoms with Crippen LogP contribution in [-0.4, -0.2) is 66.7 Å². The second-order valence-corrected chi connectivity index (χ2v) is 10.1. The van der Waals surface area contributed by atoms with Crippen molar-refractivity contribution in [3.63, 3.8) is 0 Å². The van der Waals surface area contributed by atoms with E-state index in [1.54, 1.807) is 14.2 Å². The first-order chi connectivity index (χ1) is 14.9. The second-order valence-electron chi connectivity index (χ2n) is 8.11. The fourth-order valence-corrected chi connectivity index (χ4v) is 5.79. The molecule has 170 valence electrons. The van der Waals surface area contributed by atoms with Crippen LogP contribution in [0.4, 0.5) is 0 Å². The number of amides is 2. The minimum atomic E-state index is -0.233. The second kappa shape index (κ2) is 11.2. The van der Waals surface area contributed by atoms with Crippen molar-refractivity contribution in [3.05, 3.63) is 23.0 Å². The van der Waals surface area contributed by atoms with Crippen molar-refractivity contribution in [1.82, 2.24) is 9.47 Å². The summed E-state index contributed by atoms with van der Waals surface area (Å²) in [6, 6.07) is 5.81. The lowest BCUT2D eigenvalue weighted by molar-refractivity contribution is -0.130. The number of rotatable bonds is 8. The topological polar surface area (TPSA) is 73.1 Å². The standard InChI is InChI=1S/C22H31N3O4S2/c1-15-9-16(2)12-24(11-15)21(27)14-30-13-20(26)23-22-25(7-8-28-3)18-6-5-17(29-4)10-19(18)31-22/h5-6,10,15-16H,7-9,11-14H2,1-4H3. The van der Waals surface area contributed by atoms with Crippen LogP contribution < -0.4 is 9.54 Å². The molecule has 0 N–H and O–H groups in total. The van der Waals surface area contributed by atoms with Crippen LogP contribution in [0, 0.1) is 11.8 Å². The summed E-state index contributed by atoms with van der Waals surface area (Å²) in [6.45, 7) is 7.12. The van der Waals surface area contributed by atoms with Crippen molar-refractivity contribution in [2.24, 2.45) is 16.8 Å². The molecule has 0 bridgehead atoms. The Morgan fingerprint density at radius 1 is 1.19 bits per heavy atom. The lowest BCUT2D eigenvalue weighted by Gasteiger charge is -2.35. The maximum Gasteiger partial charge on any atom is 0.258 e. The van der Waals surface area contributed by atoms with Gasteiger partial charge >= 0.3 is 0 Å². The van der Waals surface area contributed by atoms with Crippen LogP contribution in [0.1, 0.15) is 20.3 Å². The van der Waals surface area contributed by atoms with E-state index < -0.39 is 0 Å². The summed E-state index contributed by atoms with van der Waals surface area (Å²) in [7, 11) is 3.28. The van der Waals surface area contributed by atoms with Crippen LogP contribution in [0.2, 0.25) is 0 Å². The Kier molecular flexibility index (Phi) is 8.57. The largest absolute Gasteiger partial charge is 0.497 e. The Balaban J connectivity index is 1.66. The zero-order chi connectivity index (χ0) is 22.4. The van der Waals surface area contributed by atoms with Crippen LogP contribution in [0.15, 0.2) is 23.2 Å². The highest BCUT2D eigenvalue weighted by Crippen LogP contribution is 2.24. The molecule has 1 aliphatic heterocycles. The SMILES string of the molecule is COCCn1c(=NC(=O)CSCC(=O)N2CC(C)CC(C)C2)sc2cc(OC)ccc21. The zero-order valence-electron chi connectivity index (χ0n) is 18.6. The first-order valence-electron chi connectivity index (χ1n) is 10.5. The zero-order valence-corrected chi connectivity index (χ0v) is 20.3. The molecule has 2 heterocycles. The van der Waals surface area contributed by atoms with Crippen molar-refractivity contribution < 1.29 is 19.1 Å². The lowest BCUT2D eigenvalue weighted by Crippen LogP contribution is -2.43. The van der Waals surface area contributed by atoms with Gasteiger partial charge in [0.1, 0.15) is 5.75 Å². The number of piperidine rings is 1. The van der Waals surface area contributed by atoms with E-state index in [0.29, 0.717) is 35.5 Å². The number of thioether (sulfide) groups is 1. The van der Waals surface area contributed by atoms with Gasteiger partial charge in [-0.1, -0.05) is 25.2 Å². The summed E-state index contributed by atoms with van der Waals surface area (Å²) in [5, 5.41) is 0.